The van der Waals surface area contributed by atoms with Crippen LogP contribution >= 0.6 is 0 Å². The maximum absolute atomic E-state index is 12.8. The van der Waals surface area contributed by atoms with Crippen LogP contribution in [0.15, 0.2) is 60.8 Å². The van der Waals surface area contributed by atoms with Crippen LogP contribution in [0.4, 0.5) is 0 Å². The Hall–Kier alpha value is -2.31. The van der Waals surface area contributed by atoms with Crippen LogP contribution in [0.1, 0.15) is 142 Å². The average molecular weight is 897 g/mol. The molecule has 0 amide bonds. The fraction of sp³-hybridized carbons (Fsp3) is 0.776. The van der Waals surface area contributed by atoms with Crippen molar-refractivity contribution < 1.29 is 69.0 Å². The Kier molecular flexibility index (Phi) is 33.2. The Balaban J connectivity index is 1.67. The highest BCUT2D eigenvalue weighted by molar-refractivity contribution is 5.69. The van der Waals surface area contributed by atoms with Crippen molar-refractivity contribution in [2.45, 2.75) is 210 Å². The van der Waals surface area contributed by atoms with E-state index in [-0.39, 0.29) is 19.6 Å². The molecule has 11 unspecified atom stereocenters. The quantitative estimate of drug-likeness (QED) is 0.0213. The van der Waals surface area contributed by atoms with Crippen molar-refractivity contribution in [2.24, 2.45) is 0 Å². The second kappa shape index (κ2) is 36.9. The zero-order valence-corrected chi connectivity index (χ0v) is 38.3. The zero-order chi connectivity index (χ0) is 45.9. The van der Waals surface area contributed by atoms with Gasteiger partial charge in [-0.1, -0.05) is 139 Å². The third kappa shape index (κ3) is 25.3. The molecule has 0 aliphatic carbocycles. The van der Waals surface area contributed by atoms with Crippen molar-refractivity contribution in [3.05, 3.63) is 60.8 Å². The maximum Gasteiger partial charge on any atom is 0.306 e. The number of esters is 1. The van der Waals surface area contributed by atoms with Gasteiger partial charge in [0.25, 0.3) is 0 Å². The van der Waals surface area contributed by atoms with Gasteiger partial charge in [-0.25, -0.2) is 0 Å². The number of hydrogen-bond acceptors (Lipinski definition) is 14. The molecule has 0 bridgehead atoms. The molecule has 2 saturated heterocycles. The largest absolute Gasteiger partial charge is 0.457 e. The van der Waals surface area contributed by atoms with Gasteiger partial charge in [-0.05, 0) is 57.8 Å². The van der Waals surface area contributed by atoms with Gasteiger partial charge in [0.15, 0.2) is 12.6 Å². The number of allylic oxidation sites excluding steroid dienone is 10. The second-order valence-corrected chi connectivity index (χ2v) is 16.6. The fourth-order valence-electron chi connectivity index (χ4n) is 7.13. The summed E-state index contributed by atoms with van der Waals surface area (Å²) >= 11 is 0. The standard InChI is InChI=1S/C49H84O14/c1-3-5-7-9-10-11-12-13-14-15-16-17-18-19-20-21-22-23-24-25-26-27-29-31-33-58-35-38(61-41(51)32-30-28-8-6-4-2)36-59-48-47(57)45(55)43(53)40(63-48)37-60-49-46(56)44(54)42(52)39(34-50)62-49/h5,7,10-11,13-14,16-17,19-20,38-40,42-50,52-57H,3-4,6,8-9,12,15,18,21-37H2,1-2H3/b7-5-,11-10-,14-13-,17-16-,20-19-. The topological polar surface area (TPSA) is 214 Å². The van der Waals surface area contributed by atoms with Gasteiger partial charge in [-0.15, -0.1) is 0 Å². The lowest BCUT2D eigenvalue weighted by molar-refractivity contribution is -0.332. The smallest absolute Gasteiger partial charge is 0.306 e. The molecule has 2 heterocycles. The first-order valence-electron chi connectivity index (χ1n) is 23.9. The molecule has 0 aromatic carbocycles. The van der Waals surface area contributed by atoms with Crippen LogP contribution in [-0.4, -0.2) is 142 Å². The number of unbranched alkanes of at least 4 members (excludes halogenated alkanes) is 12. The number of rotatable bonds is 36. The zero-order valence-electron chi connectivity index (χ0n) is 38.3. The normalized spacial score (nSPS) is 27.5. The van der Waals surface area contributed by atoms with Crippen LogP contribution in [0.25, 0.3) is 0 Å². The summed E-state index contributed by atoms with van der Waals surface area (Å²) in [5.41, 5.74) is 0. The highest BCUT2D eigenvalue weighted by Gasteiger charge is 2.47. The van der Waals surface area contributed by atoms with Gasteiger partial charge in [0.1, 0.15) is 54.9 Å². The summed E-state index contributed by atoms with van der Waals surface area (Å²) in [6.07, 6.45) is 26.3. The van der Waals surface area contributed by atoms with Gasteiger partial charge < -0.3 is 64.2 Å². The second-order valence-electron chi connectivity index (χ2n) is 16.6. The Morgan fingerprint density at radius 3 is 1.62 bits per heavy atom. The molecule has 14 heteroatoms. The number of carbonyl (C=O) groups is 1. The molecule has 0 saturated carbocycles. The third-order valence-corrected chi connectivity index (χ3v) is 11.0. The molecule has 11 atom stereocenters. The average Bonchev–Trinajstić information content (AvgIpc) is 3.28. The summed E-state index contributed by atoms with van der Waals surface area (Å²) in [5, 5.41) is 71.7. The maximum atomic E-state index is 12.8. The minimum absolute atomic E-state index is 0.0527. The molecule has 0 aromatic rings. The van der Waals surface area contributed by atoms with Crippen LogP contribution < -0.4 is 0 Å². The summed E-state index contributed by atoms with van der Waals surface area (Å²) in [5.74, 6) is -0.395. The van der Waals surface area contributed by atoms with E-state index in [0.717, 1.165) is 83.5 Å². The molecule has 14 nitrogen and oxygen atoms in total. The fourth-order valence-corrected chi connectivity index (χ4v) is 7.13. The molecule has 2 fully saturated rings. The van der Waals surface area contributed by atoms with E-state index in [0.29, 0.717) is 13.0 Å². The number of aliphatic hydroxyl groups excluding tert-OH is 7. The van der Waals surface area contributed by atoms with Crippen LogP contribution in [0.2, 0.25) is 0 Å². The number of aliphatic hydroxyl groups is 7. The number of carbonyl (C=O) groups excluding carboxylic acids is 1. The monoisotopic (exact) mass is 897 g/mol. The highest BCUT2D eigenvalue weighted by atomic mass is 16.7. The molecule has 2 aliphatic heterocycles. The van der Waals surface area contributed by atoms with Crippen molar-refractivity contribution in [1.29, 1.82) is 0 Å². The molecular formula is C49H84O14. The van der Waals surface area contributed by atoms with Gasteiger partial charge in [-0.2, -0.15) is 0 Å². The summed E-state index contributed by atoms with van der Waals surface area (Å²) in [7, 11) is 0. The summed E-state index contributed by atoms with van der Waals surface area (Å²) < 4.78 is 34.0. The highest BCUT2D eigenvalue weighted by Crippen LogP contribution is 2.26. The van der Waals surface area contributed by atoms with E-state index in [1.54, 1.807) is 0 Å². The molecule has 0 aromatic heterocycles. The van der Waals surface area contributed by atoms with Crippen LogP contribution in [0, 0.1) is 0 Å². The van der Waals surface area contributed by atoms with Gasteiger partial charge in [0.05, 0.1) is 26.4 Å². The first-order valence-corrected chi connectivity index (χ1v) is 23.9. The predicted molar refractivity (Wildman–Crippen MR) is 242 cm³/mol. The predicted octanol–water partition coefficient (Wildman–Crippen LogP) is 6.18. The van der Waals surface area contributed by atoms with E-state index >= 15 is 0 Å². The van der Waals surface area contributed by atoms with Gasteiger partial charge in [0, 0.05) is 13.0 Å². The molecule has 0 radical (unpaired) electrons. The third-order valence-electron chi connectivity index (χ3n) is 11.0. The molecule has 2 aliphatic rings. The Morgan fingerprint density at radius 1 is 0.540 bits per heavy atom. The molecule has 364 valence electrons. The van der Waals surface area contributed by atoms with Crippen LogP contribution in [0.5, 0.6) is 0 Å². The lowest BCUT2D eigenvalue weighted by Crippen LogP contribution is -2.61. The van der Waals surface area contributed by atoms with Gasteiger partial charge >= 0.3 is 5.97 Å². The van der Waals surface area contributed by atoms with E-state index in [2.05, 4.69) is 74.6 Å². The molecule has 63 heavy (non-hydrogen) atoms. The Morgan fingerprint density at radius 2 is 1.03 bits per heavy atom. The van der Waals surface area contributed by atoms with E-state index in [1.807, 2.05) is 0 Å². The van der Waals surface area contributed by atoms with Gasteiger partial charge in [-0.3, -0.25) is 4.79 Å². The summed E-state index contributed by atoms with van der Waals surface area (Å²) in [6, 6.07) is 0. The van der Waals surface area contributed by atoms with E-state index < -0.39 is 86.7 Å². The first-order chi connectivity index (χ1) is 30.6. The van der Waals surface area contributed by atoms with E-state index in [1.165, 1.54) is 32.1 Å². The Labute approximate surface area is 377 Å². The van der Waals surface area contributed by atoms with Crippen molar-refractivity contribution >= 4 is 5.97 Å². The molecule has 7 N–H and O–H groups in total. The first kappa shape index (κ1) is 56.8. The molecule has 0 spiro atoms. The SMILES string of the molecule is CC/C=C\C/C=C\C/C=C\C/C=C\C/C=C\CCCCCCCCCCOCC(COC1OC(COC2OC(CO)C(O)C(O)C2O)C(O)C(O)C1O)OC(=O)CCCCCCC. The lowest BCUT2D eigenvalue weighted by atomic mass is 9.98. The van der Waals surface area contributed by atoms with Crippen molar-refractivity contribution in [3.63, 3.8) is 0 Å². The van der Waals surface area contributed by atoms with Crippen molar-refractivity contribution in [2.75, 3.05) is 33.0 Å². The molecular weight excluding hydrogens is 813 g/mol. The van der Waals surface area contributed by atoms with Crippen LogP contribution in [0.3, 0.4) is 0 Å². The minimum Gasteiger partial charge on any atom is -0.457 e. The van der Waals surface area contributed by atoms with Crippen molar-refractivity contribution in [3.8, 4) is 0 Å². The van der Waals surface area contributed by atoms with Gasteiger partial charge in [0.2, 0.25) is 0 Å². The summed E-state index contributed by atoms with van der Waals surface area (Å²) in [6.45, 7) is 3.43. The number of hydrogen-bond donors (Lipinski definition) is 7. The van der Waals surface area contributed by atoms with E-state index in [4.69, 9.17) is 28.4 Å². The Bertz CT molecular complexity index is 1270. The number of ether oxygens (including phenoxy) is 6. The summed E-state index contributed by atoms with van der Waals surface area (Å²) in [4.78, 5) is 12.8. The van der Waals surface area contributed by atoms with E-state index in [9.17, 15) is 40.5 Å². The minimum atomic E-state index is -1.71. The van der Waals surface area contributed by atoms with Crippen LogP contribution in [-0.2, 0) is 33.2 Å². The van der Waals surface area contributed by atoms with Crippen molar-refractivity contribution in [1.82, 2.24) is 0 Å². The lowest BCUT2D eigenvalue weighted by Gasteiger charge is -2.42. The molecule has 2 rings (SSSR count).